The summed E-state index contributed by atoms with van der Waals surface area (Å²) in [5.41, 5.74) is 3.24. The van der Waals surface area contributed by atoms with Crippen LogP contribution in [0.2, 0.25) is 0 Å². The topological polar surface area (TPSA) is 41.6 Å². The van der Waals surface area contributed by atoms with Crippen LogP contribution in [0.5, 0.6) is 0 Å². The Kier molecular flexibility index (Phi) is 2.64. The quantitative estimate of drug-likeness (QED) is 0.749. The minimum absolute atomic E-state index is 0.568. The minimum Gasteiger partial charge on any atom is -0.265 e. The standard InChI is InChI=1S/C12H15N3S/c13-7-11-10-8-16-6-5-12(10)15(14-11)9-3-1-2-4-9/h9H,1-6,8H2. The predicted octanol–water partition coefficient (Wildman–Crippen LogP) is 2.66. The van der Waals surface area contributed by atoms with E-state index in [1.807, 2.05) is 11.8 Å². The van der Waals surface area contributed by atoms with Gasteiger partial charge in [0.1, 0.15) is 6.07 Å². The second-order valence-corrected chi connectivity index (χ2v) is 5.68. The van der Waals surface area contributed by atoms with Crippen LogP contribution < -0.4 is 0 Å². The third-order valence-electron chi connectivity index (χ3n) is 3.62. The maximum Gasteiger partial charge on any atom is 0.166 e. The molecular formula is C12H15N3S. The SMILES string of the molecule is N#Cc1nn(C2CCCC2)c2c1CSCC2. The lowest BCUT2D eigenvalue weighted by Crippen LogP contribution is -2.13. The largest absolute Gasteiger partial charge is 0.265 e. The van der Waals surface area contributed by atoms with E-state index >= 15 is 0 Å². The molecule has 16 heavy (non-hydrogen) atoms. The second-order valence-electron chi connectivity index (χ2n) is 4.57. The van der Waals surface area contributed by atoms with Crippen molar-refractivity contribution in [1.82, 2.24) is 9.78 Å². The molecule has 1 saturated carbocycles. The van der Waals surface area contributed by atoms with E-state index < -0.39 is 0 Å². The average molecular weight is 233 g/mol. The van der Waals surface area contributed by atoms with Crippen LogP contribution in [0.15, 0.2) is 0 Å². The van der Waals surface area contributed by atoms with Gasteiger partial charge >= 0.3 is 0 Å². The van der Waals surface area contributed by atoms with E-state index in [1.165, 1.54) is 42.7 Å². The Hall–Kier alpha value is -0.950. The summed E-state index contributed by atoms with van der Waals surface area (Å²) in [6.45, 7) is 0. The van der Waals surface area contributed by atoms with Crippen molar-refractivity contribution in [3.05, 3.63) is 17.0 Å². The zero-order chi connectivity index (χ0) is 11.0. The van der Waals surface area contributed by atoms with Crippen LogP contribution in [0.25, 0.3) is 0 Å². The molecule has 0 saturated heterocycles. The molecule has 4 heteroatoms. The predicted molar refractivity (Wildman–Crippen MR) is 64.3 cm³/mol. The Balaban J connectivity index is 2.04. The van der Waals surface area contributed by atoms with Gasteiger partial charge in [0, 0.05) is 17.0 Å². The van der Waals surface area contributed by atoms with Crippen molar-refractivity contribution < 1.29 is 0 Å². The molecule has 1 fully saturated rings. The number of rotatable bonds is 1. The zero-order valence-corrected chi connectivity index (χ0v) is 10.1. The molecule has 3 nitrogen and oxygen atoms in total. The van der Waals surface area contributed by atoms with Crippen molar-refractivity contribution in [2.24, 2.45) is 0 Å². The van der Waals surface area contributed by atoms with Crippen molar-refractivity contribution in [3.8, 4) is 6.07 Å². The molecule has 0 amide bonds. The van der Waals surface area contributed by atoms with Crippen LogP contribution in [0.3, 0.4) is 0 Å². The van der Waals surface area contributed by atoms with Gasteiger partial charge in [-0.1, -0.05) is 12.8 Å². The van der Waals surface area contributed by atoms with E-state index in [9.17, 15) is 0 Å². The summed E-state index contributed by atoms with van der Waals surface area (Å²) in [6, 6.07) is 2.82. The second kappa shape index (κ2) is 4.14. The molecule has 0 spiro atoms. The summed E-state index contributed by atoms with van der Waals surface area (Å²) in [6.07, 6.45) is 6.20. The highest BCUT2D eigenvalue weighted by Gasteiger charge is 2.26. The Labute approximate surface area is 99.8 Å². The van der Waals surface area contributed by atoms with E-state index in [2.05, 4.69) is 15.8 Å². The average Bonchev–Trinajstić information content (AvgIpc) is 2.95. The smallest absolute Gasteiger partial charge is 0.166 e. The normalized spacial score (nSPS) is 20.7. The summed E-state index contributed by atoms with van der Waals surface area (Å²) >= 11 is 1.92. The molecule has 3 rings (SSSR count). The molecule has 2 aliphatic rings. The van der Waals surface area contributed by atoms with Crippen LogP contribution in [-0.2, 0) is 12.2 Å². The van der Waals surface area contributed by atoms with Gasteiger partial charge in [0.15, 0.2) is 5.69 Å². The third kappa shape index (κ3) is 1.54. The molecule has 1 aliphatic heterocycles. The Morgan fingerprint density at radius 1 is 1.38 bits per heavy atom. The molecule has 1 aromatic heterocycles. The van der Waals surface area contributed by atoms with Crippen LogP contribution >= 0.6 is 11.8 Å². The maximum atomic E-state index is 9.11. The van der Waals surface area contributed by atoms with Crippen LogP contribution in [-0.4, -0.2) is 15.5 Å². The fourth-order valence-electron chi connectivity index (χ4n) is 2.80. The molecule has 0 atom stereocenters. The Bertz CT molecular complexity index is 438. The number of thioether (sulfide) groups is 1. The van der Waals surface area contributed by atoms with Gasteiger partial charge < -0.3 is 0 Å². The first-order chi connectivity index (χ1) is 7.90. The summed E-state index contributed by atoms with van der Waals surface area (Å²) < 4.78 is 2.18. The molecule has 0 N–H and O–H groups in total. The number of fused-ring (bicyclic) bond motifs is 1. The fraction of sp³-hybridized carbons (Fsp3) is 0.667. The van der Waals surface area contributed by atoms with E-state index in [0.717, 1.165) is 12.2 Å². The van der Waals surface area contributed by atoms with E-state index in [1.54, 1.807) is 0 Å². The van der Waals surface area contributed by atoms with Crippen LogP contribution in [0, 0.1) is 11.3 Å². The van der Waals surface area contributed by atoms with Gasteiger partial charge in [0.2, 0.25) is 0 Å². The molecule has 84 valence electrons. The molecule has 0 unspecified atom stereocenters. The van der Waals surface area contributed by atoms with Crippen LogP contribution in [0.4, 0.5) is 0 Å². The van der Waals surface area contributed by atoms with E-state index in [0.29, 0.717) is 11.7 Å². The first-order valence-electron chi connectivity index (χ1n) is 5.98. The summed E-state index contributed by atoms with van der Waals surface area (Å²) in [5, 5.41) is 13.6. The summed E-state index contributed by atoms with van der Waals surface area (Å²) in [4.78, 5) is 0. The molecule has 2 heterocycles. The lowest BCUT2D eigenvalue weighted by molar-refractivity contribution is 0.450. The summed E-state index contributed by atoms with van der Waals surface area (Å²) in [7, 11) is 0. The van der Waals surface area contributed by atoms with Crippen molar-refractivity contribution in [2.45, 2.75) is 43.9 Å². The molecule has 0 bridgehead atoms. The van der Waals surface area contributed by atoms with Gasteiger partial charge in [-0.25, -0.2) is 0 Å². The number of nitrogens with zero attached hydrogens (tertiary/aromatic N) is 3. The molecule has 0 radical (unpaired) electrons. The Morgan fingerprint density at radius 2 is 2.19 bits per heavy atom. The van der Waals surface area contributed by atoms with Crippen molar-refractivity contribution in [2.75, 3.05) is 5.75 Å². The number of hydrogen-bond donors (Lipinski definition) is 0. The number of aromatic nitrogens is 2. The van der Waals surface area contributed by atoms with Gasteiger partial charge in [-0.15, -0.1) is 0 Å². The van der Waals surface area contributed by atoms with Crippen LogP contribution in [0.1, 0.15) is 48.7 Å². The Morgan fingerprint density at radius 3 is 2.94 bits per heavy atom. The van der Waals surface area contributed by atoms with E-state index in [-0.39, 0.29) is 0 Å². The van der Waals surface area contributed by atoms with Crippen molar-refractivity contribution in [1.29, 1.82) is 5.26 Å². The highest BCUT2D eigenvalue weighted by molar-refractivity contribution is 7.98. The molecule has 0 aromatic carbocycles. The van der Waals surface area contributed by atoms with Crippen molar-refractivity contribution >= 4 is 11.8 Å². The highest BCUT2D eigenvalue weighted by atomic mass is 32.2. The fourth-order valence-corrected chi connectivity index (χ4v) is 3.79. The van der Waals surface area contributed by atoms with Gasteiger partial charge in [-0.3, -0.25) is 4.68 Å². The van der Waals surface area contributed by atoms with E-state index in [4.69, 9.17) is 5.26 Å². The number of nitriles is 1. The zero-order valence-electron chi connectivity index (χ0n) is 9.28. The maximum absolute atomic E-state index is 9.11. The van der Waals surface area contributed by atoms with Gasteiger partial charge in [-0.2, -0.15) is 22.1 Å². The molecular weight excluding hydrogens is 218 g/mol. The monoisotopic (exact) mass is 233 g/mol. The molecule has 1 aliphatic carbocycles. The van der Waals surface area contributed by atoms with Gasteiger partial charge in [0.05, 0.1) is 6.04 Å². The first kappa shape index (κ1) is 10.2. The third-order valence-corrected chi connectivity index (χ3v) is 4.61. The minimum atomic E-state index is 0.568. The van der Waals surface area contributed by atoms with Crippen molar-refractivity contribution in [3.63, 3.8) is 0 Å². The summed E-state index contributed by atoms with van der Waals surface area (Å²) in [5.74, 6) is 2.15. The molecule has 1 aromatic rings. The highest BCUT2D eigenvalue weighted by Crippen LogP contribution is 2.34. The first-order valence-corrected chi connectivity index (χ1v) is 7.13. The lowest BCUT2D eigenvalue weighted by atomic mass is 10.1. The van der Waals surface area contributed by atoms with Gasteiger partial charge in [0.25, 0.3) is 0 Å². The lowest BCUT2D eigenvalue weighted by Gasteiger charge is -2.17. The van der Waals surface area contributed by atoms with Gasteiger partial charge in [-0.05, 0) is 25.0 Å². The number of hydrogen-bond acceptors (Lipinski definition) is 3.